The number of likely N-dealkylation sites (N-methyl/N-ethyl adjacent to an activating group) is 1. The second kappa shape index (κ2) is 9.24. The van der Waals surface area contributed by atoms with Crippen LogP contribution in [-0.2, 0) is 17.9 Å². The summed E-state index contributed by atoms with van der Waals surface area (Å²) in [5.74, 6) is 1.54. The third-order valence-electron chi connectivity index (χ3n) is 4.58. The highest BCUT2D eigenvalue weighted by atomic mass is 16.5. The molecule has 0 spiro atoms. The van der Waals surface area contributed by atoms with Crippen LogP contribution >= 0.6 is 0 Å². The van der Waals surface area contributed by atoms with E-state index in [1.54, 1.807) is 21.2 Å². The van der Waals surface area contributed by atoms with Gasteiger partial charge < -0.3 is 19.7 Å². The van der Waals surface area contributed by atoms with Gasteiger partial charge in [0.1, 0.15) is 11.5 Å². The summed E-state index contributed by atoms with van der Waals surface area (Å²) in [6.45, 7) is 1.44. The fraction of sp³-hybridized carbons (Fsp3) is 0.261. The first-order valence-corrected chi connectivity index (χ1v) is 9.25. The number of para-hydroxylation sites is 1. The van der Waals surface area contributed by atoms with Crippen LogP contribution in [-0.4, -0.2) is 38.6 Å². The molecule has 3 rings (SSSR count). The van der Waals surface area contributed by atoms with Crippen molar-refractivity contribution in [3.63, 3.8) is 0 Å². The molecule has 0 atom stereocenters. The Kier molecular flexibility index (Phi) is 6.50. The third kappa shape index (κ3) is 5.02. The molecule has 0 aliphatic carbocycles. The standard InChI is InChI=1S/C23H26N2O3/c1-25(2)23(26)16-28-22-7-5-4-6-20(22)15-24-14-17-8-9-19-13-21(27-3)11-10-18(19)12-17/h4-13,24H,14-16H2,1-3H3. The Labute approximate surface area is 165 Å². The predicted molar refractivity (Wildman–Crippen MR) is 112 cm³/mol. The Balaban J connectivity index is 1.60. The van der Waals surface area contributed by atoms with E-state index in [1.807, 2.05) is 36.4 Å². The second-order valence-electron chi connectivity index (χ2n) is 6.84. The van der Waals surface area contributed by atoms with Gasteiger partial charge >= 0.3 is 0 Å². The van der Waals surface area contributed by atoms with E-state index in [1.165, 1.54) is 15.8 Å². The summed E-state index contributed by atoms with van der Waals surface area (Å²) < 4.78 is 11.0. The minimum absolute atomic E-state index is 0.0398. The van der Waals surface area contributed by atoms with Crippen molar-refractivity contribution in [2.24, 2.45) is 0 Å². The minimum Gasteiger partial charge on any atom is -0.497 e. The molecule has 0 heterocycles. The maximum absolute atomic E-state index is 11.8. The maximum Gasteiger partial charge on any atom is 0.259 e. The average molecular weight is 378 g/mol. The zero-order valence-corrected chi connectivity index (χ0v) is 16.6. The smallest absolute Gasteiger partial charge is 0.259 e. The Hall–Kier alpha value is -3.05. The molecule has 0 aliphatic rings. The van der Waals surface area contributed by atoms with E-state index in [2.05, 4.69) is 29.6 Å². The van der Waals surface area contributed by atoms with Crippen molar-refractivity contribution in [2.45, 2.75) is 13.1 Å². The lowest BCUT2D eigenvalue weighted by Crippen LogP contribution is -2.27. The van der Waals surface area contributed by atoms with Gasteiger partial charge in [0.25, 0.3) is 5.91 Å². The number of fused-ring (bicyclic) bond motifs is 1. The second-order valence-corrected chi connectivity index (χ2v) is 6.84. The van der Waals surface area contributed by atoms with E-state index in [9.17, 15) is 4.79 Å². The normalized spacial score (nSPS) is 10.7. The van der Waals surface area contributed by atoms with Gasteiger partial charge in [0.2, 0.25) is 0 Å². The molecule has 0 unspecified atom stereocenters. The van der Waals surface area contributed by atoms with Crippen LogP contribution in [0.15, 0.2) is 60.7 Å². The minimum atomic E-state index is -0.0597. The fourth-order valence-corrected chi connectivity index (χ4v) is 2.91. The Bertz CT molecular complexity index is 953. The highest BCUT2D eigenvalue weighted by Crippen LogP contribution is 2.22. The first-order valence-electron chi connectivity index (χ1n) is 9.25. The summed E-state index contributed by atoms with van der Waals surface area (Å²) in [7, 11) is 5.12. The molecule has 0 saturated carbocycles. The Morgan fingerprint density at radius 2 is 1.71 bits per heavy atom. The van der Waals surface area contributed by atoms with Gasteiger partial charge in [-0.2, -0.15) is 0 Å². The van der Waals surface area contributed by atoms with Crippen LogP contribution in [0.4, 0.5) is 0 Å². The molecule has 0 fully saturated rings. The van der Waals surface area contributed by atoms with Gasteiger partial charge in [-0.25, -0.2) is 0 Å². The van der Waals surface area contributed by atoms with E-state index in [-0.39, 0.29) is 12.5 Å². The quantitative estimate of drug-likeness (QED) is 0.651. The number of nitrogens with one attached hydrogen (secondary N) is 1. The van der Waals surface area contributed by atoms with Crippen LogP contribution in [0.25, 0.3) is 10.8 Å². The van der Waals surface area contributed by atoms with Crippen molar-refractivity contribution in [1.82, 2.24) is 10.2 Å². The number of ether oxygens (including phenoxy) is 2. The van der Waals surface area contributed by atoms with Crippen molar-refractivity contribution in [2.75, 3.05) is 27.8 Å². The zero-order chi connectivity index (χ0) is 19.9. The summed E-state index contributed by atoms with van der Waals surface area (Å²) >= 11 is 0. The molecule has 3 aromatic rings. The lowest BCUT2D eigenvalue weighted by Gasteiger charge is -2.14. The molecule has 1 N–H and O–H groups in total. The summed E-state index contributed by atoms with van der Waals surface area (Å²) in [6.07, 6.45) is 0. The molecule has 5 nitrogen and oxygen atoms in total. The molecule has 0 bridgehead atoms. The van der Waals surface area contributed by atoms with Crippen LogP contribution in [0.1, 0.15) is 11.1 Å². The van der Waals surface area contributed by atoms with Crippen LogP contribution in [0.2, 0.25) is 0 Å². The molecule has 0 aromatic heterocycles. The highest BCUT2D eigenvalue weighted by Gasteiger charge is 2.08. The number of rotatable bonds is 8. The number of methoxy groups -OCH3 is 1. The molecular formula is C23H26N2O3. The molecule has 0 aliphatic heterocycles. The summed E-state index contributed by atoms with van der Waals surface area (Å²) in [5.41, 5.74) is 2.23. The van der Waals surface area contributed by atoms with E-state index < -0.39 is 0 Å². The van der Waals surface area contributed by atoms with Gasteiger partial charge in [0, 0.05) is 32.7 Å². The predicted octanol–water partition coefficient (Wildman–Crippen LogP) is 3.61. The van der Waals surface area contributed by atoms with Crippen molar-refractivity contribution in [1.29, 1.82) is 0 Å². The van der Waals surface area contributed by atoms with E-state index in [0.29, 0.717) is 6.54 Å². The first-order chi connectivity index (χ1) is 13.6. The number of amides is 1. The Morgan fingerprint density at radius 3 is 2.50 bits per heavy atom. The van der Waals surface area contributed by atoms with Crippen LogP contribution in [0.3, 0.4) is 0 Å². The first kappa shape index (κ1) is 19.7. The summed E-state index contributed by atoms with van der Waals surface area (Å²) in [5, 5.41) is 5.80. The lowest BCUT2D eigenvalue weighted by molar-refractivity contribution is -0.130. The molecule has 3 aromatic carbocycles. The van der Waals surface area contributed by atoms with Crippen molar-refractivity contribution >= 4 is 16.7 Å². The van der Waals surface area contributed by atoms with Crippen molar-refractivity contribution in [3.05, 3.63) is 71.8 Å². The largest absolute Gasteiger partial charge is 0.497 e. The van der Waals surface area contributed by atoms with Crippen LogP contribution < -0.4 is 14.8 Å². The van der Waals surface area contributed by atoms with Gasteiger partial charge in [-0.1, -0.05) is 36.4 Å². The number of nitrogens with zero attached hydrogens (tertiary/aromatic N) is 1. The summed E-state index contributed by atoms with van der Waals surface area (Å²) in [6, 6.07) is 20.3. The van der Waals surface area contributed by atoms with Gasteiger partial charge in [0.15, 0.2) is 6.61 Å². The topological polar surface area (TPSA) is 50.8 Å². The number of benzene rings is 3. The Morgan fingerprint density at radius 1 is 0.964 bits per heavy atom. The SMILES string of the molecule is COc1ccc2cc(CNCc3ccccc3OCC(=O)N(C)C)ccc2c1. The third-order valence-corrected chi connectivity index (χ3v) is 4.58. The molecule has 1 amide bonds. The average Bonchev–Trinajstić information content (AvgIpc) is 2.72. The summed E-state index contributed by atoms with van der Waals surface area (Å²) in [4.78, 5) is 13.3. The van der Waals surface area contributed by atoms with Gasteiger partial charge in [-0.3, -0.25) is 4.79 Å². The number of carbonyl (C=O) groups excluding carboxylic acids is 1. The maximum atomic E-state index is 11.8. The fourth-order valence-electron chi connectivity index (χ4n) is 2.91. The van der Waals surface area contributed by atoms with Gasteiger partial charge in [0.05, 0.1) is 7.11 Å². The number of hydrogen-bond donors (Lipinski definition) is 1. The van der Waals surface area contributed by atoms with Gasteiger partial charge in [-0.05, 0) is 40.6 Å². The molecule has 146 valence electrons. The van der Waals surface area contributed by atoms with Gasteiger partial charge in [-0.15, -0.1) is 0 Å². The van der Waals surface area contributed by atoms with E-state index >= 15 is 0 Å². The molecule has 5 heteroatoms. The molecule has 0 radical (unpaired) electrons. The van der Waals surface area contributed by atoms with Crippen LogP contribution in [0, 0.1) is 0 Å². The van der Waals surface area contributed by atoms with Crippen LogP contribution in [0.5, 0.6) is 11.5 Å². The lowest BCUT2D eigenvalue weighted by atomic mass is 10.1. The monoisotopic (exact) mass is 378 g/mol. The molecular weight excluding hydrogens is 352 g/mol. The highest BCUT2D eigenvalue weighted by molar-refractivity contribution is 5.84. The molecule has 28 heavy (non-hydrogen) atoms. The number of carbonyl (C=O) groups is 1. The van der Waals surface area contributed by atoms with E-state index in [0.717, 1.165) is 29.0 Å². The van der Waals surface area contributed by atoms with Crippen molar-refractivity contribution in [3.8, 4) is 11.5 Å². The van der Waals surface area contributed by atoms with Crippen molar-refractivity contribution < 1.29 is 14.3 Å². The number of hydrogen-bond acceptors (Lipinski definition) is 4. The van der Waals surface area contributed by atoms with E-state index in [4.69, 9.17) is 9.47 Å². The molecule has 0 saturated heterocycles. The zero-order valence-electron chi connectivity index (χ0n) is 16.6.